The Hall–Kier alpha value is -4.19. The molecule has 2 amide bonds. The number of aryl methyl sites for hydroxylation is 1. The van der Waals surface area contributed by atoms with Gasteiger partial charge in [0.25, 0.3) is 11.8 Å². The second kappa shape index (κ2) is 12.4. The molecule has 3 aromatic rings. The predicted octanol–water partition coefficient (Wildman–Crippen LogP) is 6.89. The molecule has 216 valence electrons. The highest BCUT2D eigenvalue weighted by Gasteiger charge is 2.27. The van der Waals surface area contributed by atoms with Crippen LogP contribution < -0.4 is 10.2 Å². The van der Waals surface area contributed by atoms with Gasteiger partial charge in [-0.25, -0.2) is 4.39 Å². The average Bonchev–Trinajstić information content (AvgIpc) is 3.20. The number of benzene rings is 3. The number of nitrogens with one attached hydrogen (secondary N) is 1. The van der Waals surface area contributed by atoms with E-state index in [-0.39, 0.29) is 23.7 Å². The summed E-state index contributed by atoms with van der Waals surface area (Å²) in [6.07, 6.45) is 9.91. The molecule has 2 aliphatic heterocycles. The van der Waals surface area contributed by atoms with Crippen LogP contribution in [0.3, 0.4) is 0 Å². The van der Waals surface area contributed by atoms with Gasteiger partial charge in [0, 0.05) is 49.0 Å². The highest BCUT2D eigenvalue weighted by Crippen LogP contribution is 2.37. The Balaban J connectivity index is 1.13. The summed E-state index contributed by atoms with van der Waals surface area (Å²) in [6.45, 7) is 5.03. The predicted molar refractivity (Wildman–Crippen MR) is 167 cm³/mol. The smallest absolute Gasteiger partial charge is 0.253 e. The topological polar surface area (TPSA) is 52.7 Å². The molecule has 3 aromatic carbocycles. The van der Waals surface area contributed by atoms with Crippen molar-refractivity contribution in [2.45, 2.75) is 51.5 Å². The minimum atomic E-state index is -0.353. The van der Waals surface area contributed by atoms with E-state index in [1.54, 1.807) is 4.90 Å². The number of hydrogen-bond acceptors (Lipinski definition) is 3. The van der Waals surface area contributed by atoms with Crippen LogP contribution in [0.15, 0.2) is 78.4 Å². The summed E-state index contributed by atoms with van der Waals surface area (Å²) < 4.78 is 13.3. The van der Waals surface area contributed by atoms with E-state index in [4.69, 9.17) is 0 Å². The molecule has 6 rings (SSSR count). The van der Waals surface area contributed by atoms with Gasteiger partial charge < -0.3 is 15.1 Å². The van der Waals surface area contributed by atoms with Crippen molar-refractivity contribution in [3.05, 3.63) is 112 Å². The fourth-order valence-electron chi connectivity index (χ4n) is 6.54. The van der Waals surface area contributed by atoms with Crippen molar-refractivity contribution in [3.8, 4) is 0 Å². The van der Waals surface area contributed by atoms with E-state index in [1.807, 2.05) is 13.0 Å². The molecule has 0 bridgehead atoms. The minimum absolute atomic E-state index is 0.0130. The zero-order valence-electron chi connectivity index (χ0n) is 24.2. The van der Waals surface area contributed by atoms with Gasteiger partial charge in [-0.3, -0.25) is 9.59 Å². The number of hydrogen-bond donors (Lipinski definition) is 1. The maximum atomic E-state index is 13.4. The summed E-state index contributed by atoms with van der Waals surface area (Å²) >= 11 is 0. The number of carbonyl (C=O) groups is 2. The third kappa shape index (κ3) is 6.03. The summed E-state index contributed by atoms with van der Waals surface area (Å²) in [4.78, 5) is 30.5. The van der Waals surface area contributed by atoms with Crippen LogP contribution in [0.5, 0.6) is 0 Å². The molecule has 2 heterocycles. The minimum Gasteiger partial charge on any atom is -0.367 e. The zero-order chi connectivity index (χ0) is 29.1. The first kappa shape index (κ1) is 28.0. The lowest BCUT2D eigenvalue weighted by Gasteiger charge is -2.33. The van der Waals surface area contributed by atoms with Gasteiger partial charge in [0.15, 0.2) is 0 Å². The van der Waals surface area contributed by atoms with E-state index in [0.29, 0.717) is 37.1 Å². The fraction of sp³-hybridized carbons (Fsp3) is 0.333. The Morgan fingerprint density at radius 2 is 1.62 bits per heavy atom. The summed E-state index contributed by atoms with van der Waals surface area (Å²) in [6, 6.07) is 20.7. The summed E-state index contributed by atoms with van der Waals surface area (Å²) in [5.74, 6) is -0.501. The molecule has 1 aliphatic carbocycles. The van der Waals surface area contributed by atoms with Crippen LogP contribution in [-0.4, -0.2) is 48.9 Å². The van der Waals surface area contributed by atoms with Gasteiger partial charge >= 0.3 is 0 Å². The second-order valence-corrected chi connectivity index (χ2v) is 11.6. The van der Waals surface area contributed by atoms with Crippen LogP contribution in [0.2, 0.25) is 0 Å². The van der Waals surface area contributed by atoms with Crippen LogP contribution in [-0.2, 0) is 6.42 Å². The van der Waals surface area contributed by atoms with E-state index < -0.39 is 0 Å². The second-order valence-electron chi connectivity index (χ2n) is 11.6. The molecule has 0 atom stereocenters. The van der Waals surface area contributed by atoms with Gasteiger partial charge in [0.2, 0.25) is 0 Å². The molecule has 5 nitrogen and oxygen atoms in total. The van der Waals surface area contributed by atoms with Crippen molar-refractivity contribution >= 4 is 29.2 Å². The van der Waals surface area contributed by atoms with Gasteiger partial charge in [0.05, 0.1) is 0 Å². The average molecular weight is 564 g/mol. The van der Waals surface area contributed by atoms with Gasteiger partial charge in [-0.1, -0.05) is 35.9 Å². The Labute approximate surface area is 247 Å². The molecule has 0 unspecified atom stereocenters. The lowest BCUT2D eigenvalue weighted by atomic mass is 9.90. The Morgan fingerprint density at radius 3 is 2.36 bits per heavy atom. The number of amides is 2. The molecule has 42 heavy (non-hydrogen) atoms. The van der Waals surface area contributed by atoms with E-state index in [0.717, 1.165) is 38.8 Å². The summed E-state index contributed by atoms with van der Waals surface area (Å²) in [5.41, 5.74) is 9.10. The van der Waals surface area contributed by atoms with Crippen molar-refractivity contribution in [3.63, 3.8) is 0 Å². The largest absolute Gasteiger partial charge is 0.367 e. The number of carbonyl (C=O) groups excluding carboxylic acids is 2. The van der Waals surface area contributed by atoms with Crippen molar-refractivity contribution in [2.75, 3.05) is 31.1 Å². The number of likely N-dealkylation sites (tertiary alicyclic amines) is 1. The monoisotopic (exact) mass is 563 g/mol. The highest BCUT2D eigenvalue weighted by atomic mass is 19.1. The number of fused-ring (bicyclic) bond motifs is 2. The Bertz CT molecular complexity index is 1520. The Morgan fingerprint density at radius 1 is 0.881 bits per heavy atom. The van der Waals surface area contributed by atoms with Gasteiger partial charge in [-0.05, 0) is 116 Å². The zero-order valence-corrected chi connectivity index (χ0v) is 24.2. The number of anilines is 1. The van der Waals surface area contributed by atoms with Crippen LogP contribution in [0.25, 0.3) is 11.6 Å². The lowest BCUT2D eigenvalue weighted by molar-refractivity contribution is 0.0698. The number of nitrogens with zero attached hydrogens (tertiary/aromatic N) is 2. The highest BCUT2D eigenvalue weighted by molar-refractivity contribution is 5.96. The molecule has 1 fully saturated rings. The van der Waals surface area contributed by atoms with Crippen LogP contribution >= 0.6 is 0 Å². The van der Waals surface area contributed by atoms with Crippen molar-refractivity contribution < 1.29 is 14.0 Å². The van der Waals surface area contributed by atoms with E-state index in [2.05, 4.69) is 58.8 Å². The molecule has 1 N–H and O–H groups in total. The molecule has 1 saturated heterocycles. The van der Waals surface area contributed by atoms with Crippen molar-refractivity contribution in [1.29, 1.82) is 0 Å². The summed E-state index contributed by atoms with van der Waals surface area (Å²) in [5, 5.41) is 3.23. The van der Waals surface area contributed by atoms with Crippen LogP contribution in [0.1, 0.15) is 76.4 Å². The SMILES string of the molecule is CC=Cc1ccc(N2CCC3=C(C2)c2cc(C(=O)NC4CCN(C(=O)c5ccc(F)cc5)CC4)ccc2CCC3)cc1. The van der Waals surface area contributed by atoms with Crippen molar-refractivity contribution in [1.82, 2.24) is 10.2 Å². The quantitative estimate of drug-likeness (QED) is 0.368. The molecular formula is C36H38FN3O2. The third-order valence-corrected chi connectivity index (χ3v) is 8.91. The van der Waals surface area contributed by atoms with Crippen molar-refractivity contribution in [2.24, 2.45) is 0 Å². The molecule has 0 aromatic heterocycles. The first-order chi connectivity index (χ1) is 20.5. The lowest BCUT2D eigenvalue weighted by Crippen LogP contribution is -2.46. The van der Waals surface area contributed by atoms with Gasteiger partial charge in [0.1, 0.15) is 5.82 Å². The number of rotatable bonds is 5. The Kier molecular flexibility index (Phi) is 8.22. The molecular weight excluding hydrogens is 525 g/mol. The van der Waals surface area contributed by atoms with Crippen LogP contribution in [0, 0.1) is 5.82 Å². The fourth-order valence-corrected chi connectivity index (χ4v) is 6.54. The number of halogens is 1. The first-order valence-electron chi connectivity index (χ1n) is 15.2. The first-order valence-corrected chi connectivity index (χ1v) is 15.2. The molecule has 0 spiro atoms. The number of allylic oxidation sites excluding steroid dienone is 1. The van der Waals surface area contributed by atoms with E-state index in [1.165, 1.54) is 57.8 Å². The molecule has 0 saturated carbocycles. The number of piperidine rings is 1. The van der Waals surface area contributed by atoms with Gasteiger partial charge in [-0.2, -0.15) is 0 Å². The van der Waals surface area contributed by atoms with Crippen LogP contribution in [0.4, 0.5) is 10.1 Å². The maximum absolute atomic E-state index is 13.4. The molecule has 0 radical (unpaired) electrons. The molecule has 6 heteroatoms. The summed E-state index contributed by atoms with van der Waals surface area (Å²) in [7, 11) is 0. The normalized spacial score (nSPS) is 17.6. The third-order valence-electron chi connectivity index (χ3n) is 8.91. The van der Waals surface area contributed by atoms with E-state index >= 15 is 0 Å². The standard InChI is InChI=1S/C36H38FN3O2/c1-2-4-25-7-15-32(16-8-25)40-20-17-27-6-3-5-26-9-10-29(23-33(26)34(27)24-40)35(41)38-31-18-21-39(22-19-31)36(42)28-11-13-30(37)14-12-28/h2,4,7-16,23,31H,3,5-6,17-22,24H2,1H3,(H,38,41). The van der Waals surface area contributed by atoms with Gasteiger partial charge in [-0.15, -0.1) is 0 Å². The maximum Gasteiger partial charge on any atom is 0.253 e. The molecule has 3 aliphatic rings. The van der Waals surface area contributed by atoms with E-state index in [9.17, 15) is 14.0 Å².